The van der Waals surface area contributed by atoms with Crippen LogP contribution in [0.4, 0.5) is 0 Å². The molecule has 0 aliphatic carbocycles. The second kappa shape index (κ2) is 53.5. The molecule has 0 saturated heterocycles. The molecule has 0 N–H and O–H groups in total. The van der Waals surface area contributed by atoms with Gasteiger partial charge in [0.15, 0.2) is 6.10 Å². The molecule has 0 rings (SSSR count). The van der Waals surface area contributed by atoms with Crippen LogP contribution in [-0.2, 0) is 28.6 Å². The lowest BCUT2D eigenvalue weighted by atomic mass is 10.0. The summed E-state index contributed by atoms with van der Waals surface area (Å²) in [6.45, 7) is 6.64. The maximum absolute atomic E-state index is 12.8. The number of hydrogen-bond acceptors (Lipinski definition) is 6. The highest BCUT2D eigenvalue weighted by molar-refractivity contribution is 5.71. The average molecular weight is 901 g/mol. The summed E-state index contributed by atoms with van der Waals surface area (Å²) in [5, 5.41) is 0. The van der Waals surface area contributed by atoms with E-state index >= 15 is 0 Å². The Balaban J connectivity index is 4.34. The monoisotopic (exact) mass is 901 g/mol. The molecular weight excluding hydrogens is 793 g/mol. The van der Waals surface area contributed by atoms with E-state index in [1.54, 1.807) is 0 Å². The number of rotatable bonds is 52. The first-order valence-corrected chi connectivity index (χ1v) is 28.3. The maximum Gasteiger partial charge on any atom is 0.306 e. The molecule has 64 heavy (non-hydrogen) atoms. The van der Waals surface area contributed by atoms with E-state index in [4.69, 9.17) is 14.2 Å². The fourth-order valence-electron chi connectivity index (χ4n) is 8.40. The van der Waals surface area contributed by atoms with E-state index in [1.165, 1.54) is 193 Å². The van der Waals surface area contributed by atoms with Crippen LogP contribution in [0.2, 0.25) is 0 Å². The van der Waals surface area contributed by atoms with Crippen LogP contribution in [0.5, 0.6) is 0 Å². The summed E-state index contributed by atoms with van der Waals surface area (Å²) in [4.78, 5) is 38.1. The molecular formula is C58H108O6. The Bertz CT molecular complexity index is 1040. The van der Waals surface area contributed by atoms with Crippen LogP contribution in [0.25, 0.3) is 0 Å². The van der Waals surface area contributed by atoms with Crippen molar-refractivity contribution in [2.75, 3.05) is 13.2 Å². The largest absolute Gasteiger partial charge is 0.462 e. The van der Waals surface area contributed by atoms with E-state index in [2.05, 4.69) is 45.1 Å². The molecule has 376 valence electrons. The van der Waals surface area contributed by atoms with Crippen LogP contribution in [0.1, 0.15) is 310 Å². The molecule has 6 heteroatoms. The van der Waals surface area contributed by atoms with E-state index in [-0.39, 0.29) is 31.1 Å². The van der Waals surface area contributed by atoms with Gasteiger partial charge in [-0.2, -0.15) is 0 Å². The number of unbranched alkanes of at least 4 members (excludes halogenated alkanes) is 37. The SMILES string of the molecule is CCCC/C=C\C/C=C\CCCCCCCC(=O)OCC(COC(=O)CCCCCCCCCCCCCCCCCC)OC(=O)CCCCCCCCCCCCCCCCCC. The average Bonchev–Trinajstić information content (AvgIpc) is 3.29. The van der Waals surface area contributed by atoms with Gasteiger partial charge in [-0.05, 0) is 44.9 Å². The fraction of sp³-hybridized carbons (Fsp3) is 0.879. The Morgan fingerprint density at radius 2 is 0.578 bits per heavy atom. The number of esters is 3. The summed E-state index contributed by atoms with van der Waals surface area (Å²) in [6.07, 6.45) is 61.6. The number of carbonyl (C=O) groups excluding carboxylic acids is 3. The van der Waals surface area contributed by atoms with Gasteiger partial charge in [-0.25, -0.2) is 0 Å². The van der Waals surface area contributed by atoms with Gasteiger partial charge in [0.25, 0.3) is 0 Å². The van der Waals surface area contributed by atoms with Crippen molar-refractivity contribution in [3.63, 3.8) is 0 Å². The highest BCUT2D eigenvalue weighted by Crippen LogP contribution is 2.17. The smallest absolute Gasteiger partial charge is 0.306 e. The third-order valence-electron chi connectivity index (χ3n) is 12.7. The fourth-order valence-corrected chi connectivity index (χ4v) is 8.40. The molecule has 1 atom stereocenters. The van der Waals surface area contributed by atoms with E-state index < -0.39 is 6.10 Å². The first-order valence-electron chi connectivity index (χ1n) is 28.3. The summed E-state index contributed by atoms with van der Waals surface area (Å²) < 4.78 is 16.9. The summed E-state index contributed by atoms with van der Waals surface area (Å²) in [5.74, 6) is -0.864. The van der Waals surface area contributed by atoms with Crippen molar-refractivity contribution in [3.05, 3.63) is 24.3 Å². The number of ether oxygens (including phenoxy) is 3. The molecule has 0 aromatic rings. The van der Waals surface area contributed by atoms with Crippen LogP contribution in [-0.4, -0.2) is 37.2 Å². The lowest BCUT2D eigenvalue weighted by Crippen LogP contribution is -2.30. The number of allylic oxidation sites excluding steroid dienone is 4. The molecule has 0 heterocycles. The minimum Gasteiger partial charge on any atom is -0.462 e. The summed E-state index contributed by atoms with van der Waals surface area (Å²) in [7, 11) is 0. The second-order valence-electron chi connectivity index (χ2n) is 19.2. The van der Waals surface area contributed by atoms with Gasteiger partial charge in [-0.1, -0.05) is 270 Å². The standard InChI is InChI=1S/C58H108O6/c1-4-7-10-13-16-19-22-25-28-30-33-36-39-42-45-48-51-57(60)63-54-55(53-62-56(59)50-47-44-41-38-35-32-27-24-21-18-15-12-9-6-3)64-58(61)52-49-46-43-40-37-34-31-29-26-23-20-17-14-11-8-5-2/h15,18,24,27,55H,4-14,16-17,19-23,25-26,28-54H2,1-3H3/b18-15-,27-24-. The van der Waals surface area contributed by atoms with Crippen molar-refractivity contribution >= 4 is 17.9 Å². The minimum atomic E-state index is -0.771. The molecule has 0 aliphatic rings. The second-order valence-corrected chi connectivity index (χ2v) is 19.2. The summed E-state index contributed by atoms with van der Waals surface area (Å²) in [6, 6.07) is 0. The molecule has 0 bridgehead atoms. The first kappa shape index (κ1) is 61.9. The van der Waals surface area contributed by atoms with Gasteiger partial charge in [0, 0.05) is 19.3 Å². The highest BCUT2D eigenvalue weighted by atomic mass is 16.6. The van der Waals surface area contributed by atoms with Crippen LogP contribution < -0.4 is 0 Å². The Labute approximate surface area is 398 Å². The predicted octanol–water partition coefficient (Wildman–Crippen LogP) is 18.7. The molecule has 0 radical (unpaired) electrons. The van der Waals surface area contributed by atoms with Gasteiger partial charge in [0.1, 0.15) is 13.2 Å². The van der Waals surface area contributed by atoms with Crippen molar-refractivity contribution < 1.29 is 28.6 Å². The van der Waals surface area contributed by atoms with Crippen LogP contribution in [0.3, 0.4) is 0 Å². The normalized spacial score (nSPS) is 12.1. The van der Waals surface area contributed by atoms with Gasteiger partial charge in [0.05, 0.1) is 0 Å². The van der Waals surface area contributed by atoms with Gasteiger partial charge in [0.2, 0.25) is 0 Å². The summed E-state index contributed by atoms with van der Waals surface area (Å²) in [5.41, 5.74) is 0. The van der Waals surface area contributed by atoms with Crippen molar-refractivity contribution in [1.82, 2.24) is 0 Å². The van der Waals surface area contributed by atoms with Crippen molar-refractivity contribution in [1.29, 1.82) is 0 Å². The van der Waals surface area contributed by atoms with Crippen molar-refractivity contribution in [3.8, 4) is 0 Å². The number of hydrogen-bond donors (Lipinski definition) is 0. The lowest BCUT2D eigenvalue weighted by molar-refractivity contribution is -0.167. The molecule has 6 nitrogen and oxygen atoms in total. The highest BCUT2D eigenvalue weighted by Gasteiger charge is 2.19. The molecule has 0 spiro atoms. The van der Waals surface area contributed by atoms with E-state index in [1.807, 2.05) is 0 Å². The Morgan fingerprint density at radius 1 is 0.312 bits per heavy atom. The lowest BCUT2D eigenvalue weighted by Gasteiger charge is -2.18. The summed E-state index contributed by atoms with van der Waals surface area (Å²) >= 11 is 0. The topological polar surface area (TPSA) is 78.9 Å². The third kappa shape index (κ3) is 50.9. The quantitative estimate of drug-likeness (QED) is 0.0262. The molecule has 0 saturated carbocycles. The van der Waals surface area contributed by atoms with Gasteiger partial charge >= 0.3 is 17.9 Å². The van der Waals surface area contributed by atoms with Crippen LogP contribution in [0.15, 0.2) is 24.3 Å². The van der Waals surface area contributed by atoms with E-state index in [0.29, 0.717) is 19.3 Å². The Morgan fingerprint density at radius 3 is 0.906 bits per heavy atom. The van der Waals surface area contributed by atoms with E-state index in [0.717, 1.165) is 77.0 Å². The predicted molar refractivity (Wildman–Crippen MR) is 275 cm³/mol. The molecule has 0 amide bonds. The zero-order valence-electron chi connectivity index (χ0n) is 43.1. The molecule has 1 unspecified atom stereocenters. The van der Waals surface area contributed by atoms with Crippen LogP contribution in [0, 0.1) is 0 Å². The Kier molecular flexibility index (Phi) is 51.7. The van der Waals surface area contributed by atoms with Gasteiger partial charge in [-0.15, -0.1) is 0 Å². The van der Waals surface area contributed by atoms with Crippen molar-refractivity contribution in [2.45, 2.75) is 316 Å². The van der Waals surface area contributed by atoms with Gasteiger partial charge in [-0.3, -0.25) is 14.4 Å². The van der Waals surface area contributed by atoms with Crippen molar-refractivity contribution in [2.24, 2.45) is 0 Å². The molecule has 0 fully saturated rings. The molecule has 0 aliphatic heterocycles. The zero-order valence-corrected chi connectivity index (χ0v) is 43.1. The molecule has 0 aromatic carbocycles. The van der Waals surface area contributed by atoms with Gasteiger partial charge < -0.3 is 14.2 Å². The zero-order chi connectivity index (χ0) is 46.5. The van der Waals surface area contributed by atoms with E-state index in [9.17, 15) is 14.4 Å². The van der Waals surface area contributed by atoms with Crippen LogP contribution >= 0.6 is 0 Å². The number of carbonyl (C=O) groups is 3. The Hall–Kier alpha value is -2.11. The maximum atomic E-state index is 12.8. The first-order chi connectivity index (χ1) is 31.5. The molecule has 0 aromatic heterocycles. The minimum absolute atomic E-state index is 0.0702. The third-order valence-corrected chi connectivity index (χ3v) is 12.7.